The maximum Gasteiger partial charge on any atom is 0.0671 e. The Morgan fingerprint density at radius 3 is 3.26 bits per heavy atom. The minimum absolute atomic E-state index is 0.0141. The maximum atomic E-state index is 5.90. The number of aromatic nitrogens is 2. The summed E-state index contributed by atoms with van der Waals surface area (Å²) < 4.78 is 5.90. The molecular weight excluding hydrogens is 238 g/mol. The lowest BCUT2D eigenvalue weighted by molar-refractivity contribution is -0.0708. The van der Waals surface area contributed by atoms with Crippen LogP contribution in [0.2, 0.25) is 0 Å². The Hall–Kier alpha value is -1.55. The molecule has 2 heterocycles. The number of nitrogens with one attached hydrogen (secondary N) is 2. The molecule has 4 heteroatoms. The van der Waals surface area contributed by atoms with Crippen molar-refractivity contribution in [2.45, 2.75) is 44.8 Å². The Labute approximate surface area is 113 Å². The quantitative estimate of drug-likeness (QED) is 0.889. The van der Waals surface area contributed by atoms with Crippen molar-refractivity contribution in [3.63, 3.8) is 0 Å². The smallest absolute Gasteiger partial charge is 0.0671 e. The highest BCUT2D eigenvalue weighted by Crippen LogP contribution is 2.31. The van der Waals surface area contributed by atoms with Crippen molar-refractivity contribution in [1.82, 2.24) is 10.2 Å². The molecule has 0 amide bonds. The molecule has 3 rings (SSSR count). The largest absolute Gasteiger partial charge is 0.382 e. The molecule has 1 aliphatic heterocycles. The standard InChI is InChI=1S/C15H21N3O/c1-3-15(2)9-11(7-8-19-15)17-13-5-4-6-14-12(13)10-16-18-14/h4-6,10-11,17H,3,7-9H2,1-2H3,(H,16,18). The molecule has 0 saturated carbocycles. The van der Waals surface area contributed by atoms with E-state index in [1.165, 1.54) is 0 Å². The SMILES string of the molecule is CCC1(C)CC(Nc2cccc3[nH]ncc23)CCO1. The molecule has 102 valence electrons. The molecule has 2 aromatic rings. The van der Waals surface area contributed by atoms with Gasteiger partial charge < -0.3 is 10.1 Å². The van der Waals surface area contributed by atoms with Crippen LogP contribution in [0.5, 0.6) is 0 Å². The van der Waals surface area contributed by atoms with E-state index in [0.29, 0.717) is 6.04 Å². The van der Waals surface area contributed by atoms with Gasteiger partial charge in [0, 0.05) is 23.7 Å². The van der Waals surface area contributed by atoms with E-state index in [1.807, 2.05) is 12.3 Å². The van der Waals surface area contributed by atoms with Crippen LogP contribution < -0.4 is 5.32 Å². The van der Waals surface area contributed by atoms with Gasteiger partial charge in [-0.1, -0.05) is 13.0 Å². The highest BCUT2D eigenvalue weighted by molar-refractivity contribution is 5.90. The van der Waals surface area contributed by atoms with Gasteiger partial charge in [-0.15, -0.1) is 0 Å². The predicted octanol–water partition coefficient (Wildman–Crippen LogP) is 3.32. The van der Waals surface area contributed by atoms with Gasteiger partial charge in [-0.3, -0.25) is 5.10 Å². The van der Waals surface area contributed by atoms with Crippen molar-refractivity contribution in [2.75, 3.05) is 11.9 Å². The molecule has 1 aromatic heterocycles. The summed E-state index contributed by atoms with van der Waals surface area (Å²) in [6.07, 6.45) is 5.05. The number of benzene rings is 1. The zero-order valence-electron chi connectivity index (χ0n) is 11.6. The van der Waals surface area contributed by atoms with E-state index in [2.05, 4.69) is 41.5 Å². The number of ether oxygens (including phenoxy) is 1. The summed E-state index contributed by atoms with van der Waals surface area (Å²) in [5.41, 5.74) is 2.26. The lowest BCUT2D eigenvalue weighted by Crippen LogP contribution is -2.41. The topological polar surface area (TPSA) is 49.9 Å². The summed E-state index contributed by atoms with van der Waals surface area (Å²) in [6.45, 7) is 5.24. The van der Waals surface area contributed by atoms with E-state index >= 15 is 0 Å². The molecule has 0 radical (unpaired) electrons. The Balaban J connectivity index is 1.79. The average molecular weight is 259 g/mol. The van der Waals surface area contributed by atoms with E-state index < -0.39 is 0 Å². The highest BCUT2D eigenvalue weighted by atomic mass is 16.5. The summed E-state index contributed by atoms with van der Waals surface area (Å²) in [7, 11) is 0. The van der Waals surface area contributed by atoms with Crippen molar-refractivity contribution in [1.29, 1.82) is 0 Å². The van der Waals surface area contributed by atoms with Crippen molar-refractivity contribution in [2.24, 2.45) is 0 Å². The third-order valence-corrected chi connectivity index (χ3v) is 4.19. The molecule has 0 aliphatic carbocycles. The maximum absolute atomic E-state index is 5.90. The molecule has 2 unspecified atom stereocenters. The number of hydrogen-bond donors (Lipinski definition) is 2. The van der Waals surface area contributed by atoms with E-state index in [0.717, 1.165) is 42.5 Å². The molecule has 19 heavy (non-hydrogen) atoms. The number of nitrogens with zero attached hydrogens (tertiary/aromatic N) is 1. The summed E-state index contributed by atoms with van der Waals surface area (Å²) in [6, 6.07) is 6.70. The van der Waals surface area contributed by atoms with Crippen molar-refractivity contribution in [3.8, 4) is 0 Å². The van der Waals surface area contributed by atoms with Crippen LogP contribution in [-0.2, 0) is 4.74 Å². The van der Waals surface area contributed by atoms with Crippen LogP contribution in [0, 0.1) is 0 Å². The normalized spacial score (nSPS) is 27.6. The molecule has 1 aromatic carbocycles. The number of rotatable bonds is 3. The van der Waals surface area contributed by atoms with E-state index in [1.54, 1.807) is 0 Å². The predicted molar refractivity (Wildman–Crippen MR) is 77.4 cm³/mol. The zero-order valence-corrected chi connectivity index (χ0v) is 11.6. The fourth-order valence-corrected chi connectivity index (χ4v) is 2.81. The summed E-state index contributed by atoms with van der Waals surface area (Å²) >= 11 is 0. The molecule has 1 aliphatic rings. The number of fused-ring (bicyclic) bond motifs is 1. The van der Waals surface area contributed by atoms with Gasteiger partial charge >= 0.3 is 0 Å². The second-order valence-corrected chi connectivity index (χ2v) is 5.62. The van der Waals surface area contributed by atoms with Gasteiger partial charge in [0.25, 0.3) is 0 Å². The first kappa shape index (κ1) is 12.5. The Morgan fingerprint density at radius 1 is 1.53 bits per heavy atom. The Kier molecular flexibility index (Phi) is 3.19. The molecule has 1 saturated heterocycles. The number of hydrogen-bond acceptors (Lipinski definition) is 3. The van der Waals surface area contributed by atoms with Gasteiger partial charge in [0.1, 0.15) is 0 Å². The first-order valence-corrected chi connectivity index (χ1v) is 7.03. The van der Waals surface area contributed by atoms with Crippen LogP contribution in [-0.4, -0.2) is 28.4 Å². The van der Waals surface area contributed by atoms with E-state index in [-0.39, 0.29) is 5.60 Å². The van der Waals surface area contributed by atoms with Crippen LogP contribution in [0.3, 0.4) is 0 Å². The molecule has 0 spiro atoms. The molecule has 2 N–H and O–H groups in total. The van der Waals surface area contributed by atoms with Gasteiger partial charge in [0.2, 0.25) is 0 Å². The number of anilines is 1. The second-order valence-electron chi connectivity index (χ2n) is 5.62. The Bertz CT molecular complexity index is 565. The van der Waals surface area contributed by atoms with Crippen molar-refractivity contribution >= 4 is 16.6 Å². The molecule has 0 bridgehead atoms. The summed E-state index contributed by atoms with van der Waals surface area (Å²) in [5.74, 6) is 0. The third-order valence-electron chi connectivity index (χ3n) is 4.19. The first-order chi connectivity index (χ1) is 9.20. The molecule has 2 atom stereocenters. The lowest BCUT2D eigenvalue weighted by atomic mass is 9.89. The molecular formula is C15H21N3O. The van der Waals surface area contributed by atoms with E-state index in [9.17, 15) is 0 Å². The van der Waals surface area contributed by atoms with Crippen molar-refractivity contribution in [3.05, 3.63) is 24.4 Å². The average Bonchev–Trinajstić information content (AvgIpc) is 2.88. The van der Waals surface area contributed by atoms with Crippen LogP contribution in [0.4, 0.5) is 5.69 Å². The zero-order chi connectivity index (χ0) is 13.3. The fraction of sp³-hybridized carbons (Fsp3) is 0.533. The van der Waals surface area contributed by atoms with Crippen LogP contribution in [0.1, 0.15) is 33.1 Å². The number of aromatic amines is 1. The molecule has 4 nitrogen and oxygen atoms in total. The first-order valence-electron chi connectivity index (χ1n) is 7.03. The number of H-pyrrole nitrogens is 1. The molecule has 1 fully saturated rings. The third kappa shape index (κ3) is 2.45. The lowest BCUT2D eigenvalue weighted by Gasteiger charge is -2.38. The van der Waals surface area contributed by atoms with Gasteiger partial charge in [0.05, 0.1) is 17.3 Å². The van der Waals surface area contributed by atoms with Gasteiger partial charge in [-0.25, -0.2) is 0 Å². The second kappa shape index (κ2) is 4.85. The summed E-state index contributed by atoms with van der Waals surface area (Å²) in [4.78, 5) is 0. The highest BCUT2D eigenvalue weighted by Gasteiger charge is 2.31. The monoisotopic (exact) mass is 259 g/mol. The van der Waals surface area contributed by atoms with Gasteiger partial charge in [-0.2, -0.15) is 5.10 Å². The van der Waals surface area contributed by atoms with Crippen LogP contribution >= 0.6 is 0 Å². The van der Waals surface area contributed by atoms with E-state index in [4.69, 9.17) is 4.74 Å². The summed E-state index contributed by atoms with van der Waals surface area (Å²) in [5, 5.41) is 11.9. The van der Waals surface area contributed by atoms with Crippen LogP contribution in [0.15, 0.2) is 24.4 Å². The fourth-order valence-electron chi connectivity index (χ4n) is 2.81. The van der Waals surface area contributed by atoms with Gasteiger partial charge in [-0.05, 0) is 38.3 Å². The minimum atomic E-state index is 0.0141. The van der Waals surface area contributed by atoms with Gasteiger partial charge in [0.15, 0.2) is 0 Å². The Morgan fingerprint density at radius 2 is 2.42 bits per heavy atom. The minimum Gasteiger partial charge on any atom is -0.382 e. The van der Waals surface area contributed by atoms with Crippen molar-refractivity contribution < 1.29 is 4.74 Å². The van der Waals surface area contributed by atoms with Crippen LogP contribution in [0.25, 0.3) is 10.9 Å².